The number of aromatic nitrogens is 2. The van der Waals surface area contributed by atoms with Crippen molar-refractivity contribution in [2.45, 2.75) is 43.5 Å². The third-order valence-corrected chi connectivity index (χ3v) is 7.98. The topological polar surface area (TPSA) is 84.3 Å². The summed E-state index contributed by atoms with van der Waals surface area (Å²) < 4.78 is 29.5. The Morgan fingerprint density at radius 1 is 1.00 bits per heavy atom. The van der Waals surface area contributed by atoms with Crippen LogP contribution in [0.1, 0.15) is 31.2 Å². The molecule has 0 bridgehead atoms. The Balaban J connectivity index is 1.26. The standard InChI is InChI=1S/C25H30N4O3S/c30-25(8-4-16-28-17-5-15-26-28)27-23-9-11-24(12-10-23)33(31,32)29-18-13-22(14-19-29)20-21-6-2-1-3-7-21/h1-3,5-7,9-12,15,17,22H,4,8,13-14,16,18-20H2,(H,27,30). The van der Waals surface area contributed by atoms with Crippen LogP contribution in [0, 0.1) is 5.92 Å². The highest BCUT2D eigenvalue weighted by Crippen LogP contribution is 2.26. The lowest BCUT2D eigenvalue weighted by Crippen LogP contribution is -2.38. The number of hydrogen-bond donors (Lipinski definition) is 1. The largest absolute Gasteiger partial charge is 0.326 e. The van der Waals surface area contributed by atoms with Gasteiger partial charge in [-0.2, -0.15) is 9.40 Å². The van der Waals surface area contributed by atoms with E-state index < -0.39 is 10.0 Å². The zero-order chi connectivity index (χ0) is 23.1. The Labute approximate surface area is 195 Å². The van der Waals surface area contributed by atoms with Crippen LogP contribution in [0.25, 0.3) is 0 Å². The van der Waals surface area contributed by atoms with Crippen LogP contribution >= 0.6 is 0 Å². The van der Waals surface area contributed by atoms with Crippen LogP contribution < -0.4 is 5.32 Å². The second-order valence-corrected chi connectivity index (χ2v) is 10.4. The summed E-state index contributed by atoms with van der Waals surface area (Å²) in [6.45, 7) is 1.75. The Bertz CT molecular complexity index is 1120. The van der Waals surface area contributed by atoms with Crippen molar-refractivity contribution in [2.75, 3.05) is 18.4 Å². The van der Waals surface area contributed by atoms with Gasteiger partial charge in [0.25, 0.3) is 0 Å². The summed E-state index contributed by atoms with van der Waals surface area (Å²) in [6, 6.07) is 18.7. The van der Waals surface area contributed by atoms with Crippen LogP contribution in [-0.2, 0) is 27.8 Å². The van der Waals surface area contributed by atoms with E-state index in [1.807, 2.05) is 30.5 Å². The van der Waals surface area contributed by atoms with E-state index in [1.165, 1.54) is 5.56 Å². The van der Waals surface area contributed by atoms with Crippen molar-refractivity contribution < 1.29 is 13.2 Å². The molecule has 0 spiro atoms. The number of sulfonamides is 1. The highest BCUT2D eigenvalue weighted by molar-refractivity contribution is 7.89. The molecule has 2 heterocycles. The van der Waals surface area contributed by atoms with Crippen LogP contribution in [-0.4, -0.2) is 41.5 Å². The summed E-state index contributed by atoms with van der Waals surface area (Å²) in [7, 11) is -3.53. The van der Waals surface area contributed by atoms with Crippen molar-refractivity contribution in [3.8, 4) is 0 Å². The number of rotatable bonds is 9. The highest BCUT2D eigenvalue weighted by atomic mass is 32.2. The van der Waals surface area contributed by atoms with Crippen molar-refractivity contribution in [2.24, 2.45) is 5.92 Å². The average Bonchev–Trinajstić information content (AvgIpc) is 3.34. The SMILES string of the molecule is O=C(CCCn1cccn1)Nc1ccc(S(=O)(=O)N2CCC(Cc3ccccc3)CC2)cc1. The first-order valence-electron chi connectivity index (χ1n) is 11.4. The van der Waals surface area contributed by atoms with Gasteiger partial charge in [0.15, 0.2) is 0 Å². The van der Waals surface area contributed by atoms with E-state index in [1.54, 1.807) is 39.4 Å². The number of carbonyl (C=O) groups excluding carboxylic acids is 1. The van der Waals surface area contributed by atoms with E-state index in [4.69, 9.17) is 0 Å². The molecule has 1 aliphatic heterocycles. The summed E-state index contributed by atoms with van der Waals surface area (Å²) in [4.78, 5) is 12.4. The number of carbonyl (C=O) groups is 1. The maximum absolute atomic E-state index is 13.1. The van der Waals surface area contributed by atoms with Gasteiger partial charge in [-0.25, -0.2) is 8.42 Å². The molecular weight excluding hydrogens is 436 g/mol. The van der Waals surface area contributed by atoms with Gasteiger partial charge < -0.3 is 5.32 Å². The minimum Gasteiger partial charge on any atom is -0.326 e. The van der Waals surface area contributed by atoms with Crippen molar-refractivity contribution in [3.05, 3.63) is 78.6 Å². The molecule has 0 saturated carbocycles. The Hall–Kier alpha value is -2.97. The summed E-state index contributed by atoms with van der Waals surface area (Å²) in [5, 5.41) is 6.95. The molecule has 8 heteroatoms. The van der Waals surface area contributed by atoms with Crippen LogP contribution in [0.3, 0.4) is 0 Å². The molecule has 1 N–H and O–H groups in total. The minimum absolute atomic E-state index is 0.0988. The molecule has 0 radical (unpaired) electrons. The Kier molecular flexibility index (Phi) is 7.57. The van der Waals surface area contributed by atoms with Gasteiger partial charge in [-0.15, -0.1) is 0 Å². The molecule has 1 aliphatic rings. The highest BCUT2D eigenvalue weighted by Gasteiger charge is 2.29. The van der Waals surface area contributed by atoms with Crippen LogP contribution in [0.5, 0.6) is 0 Å². The summed E-state index contributed by atoms with van der Waals surface area (Å²) in [5.41, 5.74) is 1.90. The van der Waals surface area contributed by atoms with Gasteiger partial charge in [0.1, 0.15) is 0 Å². The fourth-order valence-electron chi connectivity index (χ4n) is 4.22. The Morgan fingerprint density at radius 2 is 1.73 bits per heavy atom. The van der Waals surface area contributed by atoms with Gasteiger partial charge in [-0.1, -0.05) is 30.3 Å². The van der Waals surface area contributed by atoms with Gasteiger partial charge in [0.2, 0.25) is 15.9 Å². The molecule has 33 heavy (non-hydrogen) atoms. The third kappa shape index (κ3) is 6.30. The molecule has 0 unspecified atom stereocenters. The number of hydrogen-bond acceptors (Lipinski definition) is 4. The molecule has 3 aromatic rings. The summed E-state index contributed by atoms with van der Waals surface area (Å²) in [6.07, 6.45) is 7.34. The number of anilines is 1. The number of piperidine rings is 1. The molecule has 1 amide bonds. The smallest absolute Gasteiger partial charge is 0.243 e. The van der Waals surface area contributed by atoms with Crippen molar-refractivity contribution in [1.29, 1.82) is 0 Å². The minimum atomic E-state index is -3.53. The number of nitrogens with zero attached hydrogens (tertiary/aromatic N) is 3. The van der Waals surface area contributed by atoms with E-state index in [-0.39, 0.29) is 10.8 Å². The molecule has 7 nitrogen and oxygen atoms in total. The fraction of sp³-hybridized carbons (Fsp3) is 0.360. The Morgan fingerprint density at radius 3 is 2.39 bits per heavy atom. The zero-order valence-corrected chi connectivity index (χ0v) is 19.5. The average molecular weight is 467 g/mol. The van der Waals surface area contributed by atoms with Gasteiger partial charge in [-0.05, 0) is 67.5 Å². The number of nitrogens with one attached hydrogen (secondary N) is 1. The van der Waals surface area contributed by atoms with E-state index in [2.05, 4.69) is 22.5 Å². The second kappa shape index (κ2) is 10.8. The van der Waals surface area contributed by atoms with Crippen LogP contribution in [0.4, 0.5) is 5.69 Å². The number of benzene rings is 2. The fourth-order valence-corrected chi connectivity index (χ4v) is 5.69. The lowest BCUT2D eigenvalue weighted by molar-refractivity contribution is -0.116. The van der Waals surface area contributed by atoms with E-state index in [0.717, 1.165) is 19.3 Å². The third-order valence-electron chi connectivity index (χ3n) is 6.07. The molecule has 0 atom stereocenters. The summed E-state index contributed by atoms with van der Waals surface area (Å²) in [5.74, 6) is 0.406. The van der Waals surface area contributed by atoms with E-state index in [0.29, 0.717) is 44.1 Å². The van der Waals surface area contributed by atoms with E-state index >= 15 is 0 Å². The zero-order valence-electron chi connectivity index (χ0n) is 18.6. The van der Waals surface area contributed by atoms with Gasteiger partial charge in [0.05, 0.1) is 4.90 Å². The lowest BCUT2D eigenvalue weighted by atomic mass is 9.91. The molecular formula is C25H30N4O3S. The van der Waals surface area contributed by atoms with Gasteiger partial charge in [0, 0.05) is 44.1 Å². The first kappa shape index (κ1) is 23.2. The van der Waals surface area contributed by atoms with Crippen molar-refractivity contribution in [1.82, 2.24) is 14.1 Å². The van der Waals surface area contributed by atoms with Gasteiger partial charge in [-0.3, -0.25) is 9.48 Å². The maximum Gasteiger partial charge on any atom is 0.243 e. The monoisotopic (exact) mass is 466 g/mol. The van der Waals surface area contributed by atoms with Crippen LogP contribution in [0.2, 0.25) is 0 Å². The number of amides is 1. The quantitative estimate of drug-likeness (QED) is 0.518. The predicted molar refractivity (Wildman–Crippen MR) is 128 cm³/mol. The maximum atomic E-state index is 13.1. The van der Waals surface area contributed by atoms with Crippen molar-refractivity contribution >= 4 is 21.6 Å². The van der Waals surface area contributed by atoms with Gasteiger partial charge >= 0.3 is 0 Å². The molecule has 4 rings (SSSR count). The molecule has 174 valence electrons. The summed E-state index contributed by atoms with van der Waals surface area (Å²) >= 11 is 0. The first-order valence-corrected chi connectivity index (χ1v) is 12.9. The molecule has 1 aromatic heterocycles. The second-order valence-electron chi connectivity index (χ2n) is 8.48. The lowest BCUT2D eigenvalue weighted by Gasteiger charge is -2.31. The number of aryl methyl sites for hydroxylation is 1. The molecule has 2 aromatic carbocycles. The first-order chi connectivity index (χ1) is 16.0. The van der Waals surface area contributed by atoms with Crippen molar-refractivity contribution in [3.63, 3.8) is 0 Å². The molecule has 1 saturated heterocycles. The molecule has 0 aliphatic carbocycles. The normalized spacial score (nSPS) is 15.4. The predicted octanol–water partition coefficient (Wildman–Crippen LogP) is 3.95. The van der Waals surface area contributed by atoms with E-state index in [9.17, 15) is 13.2 Å². The molecule has 1 fully saturated rings. The van der Waals surface area contributed by atoms with Crippen LogP contribution in [0.15, 0.2) is 78.0 Å².